The van der Waals surface area contributed by atoms with E-state index >= 15 is 0 Å². The molecule has 0 saturated heterocycles. The Morgan fingerprint density at radius 1 is 1.42 bits per heavy atom. The second-order valence-corrected chi connectivity index (χ2v) is 5.38. The Hall–Kier alpha value is -1.72. The molecule has 19 heavy (non-hydrogen) atoms. The highest BCUT2D eigenvalue weighted by Gasteiger charge is 2.07. The third kappa shape index (κ3) is 3.87. The summed E-state index contributed by atoms with van der Waals surface area (Å²) in [5.41, 5.74) is 7.15. The molecule has 0 aliphatic carbocycles. The number of hydrogen-bond donors (Lipinski definition) is 2. The van der Waals surface area contributed by atoms with Gasteiger partial charge < -0.3 is 5.73 Å². The Kier molecular flexibility index (Phi) is 4.65. The van der Waals surface area contributed by atoms with Crippen LogP contribution in [0.3, 0.4) is 0 Å². The van der Waals surface area contributed by atoms with E-state index < -0.39 is 0 Å². The maximum absolute atomic E-state index is 7.42. The molecular weight excluding hydrogens is 256 g/mol. The molecule has 2 heterocycles. The Bertz CT molecular complexity index is 536. The van der Waals surface area contributed by atoms with Crippen molar-refractivity contribution in [2.75, 3.05) is 6.54 Å². The Balaban J connectivity index is 2.05. The van der Waals surface area contributed by atoms with Crippen LogP contribution in [0.2, 0.25) is 0 Å². The van der Waals surface area contributed by atoms with E-state index in [-0.39, 0.29) is 5.84 Å². The summed E-state index contributed by atoms with van der Waals surface area (Å²) in [7, 11) is 0. The molecule has 100 valence electrons. The number of nitrogens with two attached hydrogens (primary N) is 1. The summed E-state index contributed by atoms with van der Waals surface area (Å²) in [4.78, 5) is 7.80. The molecule has 2 rings (SSSR count). The number of nitrogens with one attached hydrogen (secondary N) is 1. The number of pyridine rings is 1. The molecule has 0 spiro atoms. The fourth-order valence-corrected chi connectivity index (χ4v) is 2.63. The van der Waals surface area contributed by atoms with E-state index in [1.165, 1.54) is 4.88 Å². The molecule has 5 heteroatoms. The molecule has 0 fully saturated rings. The summed E-state index contributed by atoms with van der Waals surface area (Å²) in [6, 6.07) is 8.10. The number of aromatic nitrogens is 1. The predicted octanol–water partition coefficient (Wildman–Crippen LogP) is 2.45. The highest BCUT2D eigenvalue weighted by atomic mass is 32.1. The summed E-state index contributed by atoms with van der Waals surface area (Å²) in [5.74, 6) is 0.0168. The van der Waals surface area contributed by atoms with Gasteiger partial charge in [0.1, 0.15) is 11.5 Å². The van der Waals surface area contributed by atoms with Crippen LogP contribution in [-0.4, -0.2) is 22.3 Å². The van der Waals surface area contributed by atoms with Gasteiger partial charge in [-0.1, -0.05) is 13.0 Å². The van der Waals surface area contributed by atoms with Gasteiger partial charge in [-0.05, 0) is 35.7 Å². The van der Waals surface area contributed by atoms with E-state index in [1.807, 2.05) is 12.1 Å². The maximum atomic E-state index is 7.42. The minimum absolute atomic E-state index is 0.0168. The minimum atomic E-state index is 0.0168. The van der Waals surface area contributed by atoms with Crippen molar-refractivity contribution in [2.45, 2.75) is 20.0 Å². The van der Waals surface area contributed by atoms with E-state index in [9.17, 15) is 0 Å². The molecule has 0 bridgehead atoms. The third-order valence-corrected chi connectivity index (χ3v) is 3.77. The van der Waals surface area contributed by atoms with E-state index in [0.717, 1.165) is 25.2 Å². The largest absolute Gasteiger partial charge is 0.382 e. The lowest BCUT2D eigenvalue weighted by molar-refractivity contribution is 0.274. The summed E-state index contributed by atoms with van der Waals surface area (Å²) in [6.07, 6.45) is 1.71. The summed E-state index contributed by atoms with van der Waals surface area (Å²) >= 11 is 1.78. The zero-order chi connectivity index (χ0) is 13.7. The van der Waals surface area contributed by atoms with Crippen LogP contribution < -0.4 is 5.73 Å². The van der Waals surface area contributed by atoms with Crippen LogP contribution in [0.4, 0.5) is 0 Å². The molecule has 0 saturated carbocycles. The van der Waals surface area contributed by atoms with Crippen molar-refractivity contribution in [1.29, 1.82) is 5.41 Å². The topological polar surface area (TPSA) is 66.0 Å². The van der Waals surface area contributed by atoms with Crippen molar-refractivity contribution in [3.8, 4) is 0 Å². The smallest absolute Gasteiger partial charge is 0.141 e. The number of hydrogen-bond acceptors (Lipinski definition) is 4. The van der Waals surface area contributed by atoms with Gasteiger partial charge in [0.15, 0.2) is 0 Å². The quantitative estimate of drug-likeness (QED) is 0.628. The molecule has 0 aromatic carbocycles. The molecule has 0 radical (unpaired) electrons. The number of amidine groups is 1. The van der Waals surface area contributed by atoms with Crippen LogP contribution in [0.15, 0.2) is 35.8 Å². The van der Waals surface area contributed by atoms with Crippen LogP contribution in [-0.2, 0) is 13.1 Å². The first-order chi connectivity index (χ1) is 9.19. The molecule has 0 aliphatic rings. The third-order valence-electron chi connectivity index (χ3n) is 2.91. The van der Waals surface area contributed by atoms with E-state index in [0.29, 0.717) is 5.69 Å². The molecule has 2 aromatic heterocycles. The van der Waals surface area contributed by atoms with E-state index in [2.05, 4.69) is 34.3 Å². The average molecular weight is 274 g/mol. The first-order valence-corrected chi connectivity index (χ1v) is 7.11. The Morgan fingerprint density at radius 3 is 2.89 bits per heavy atom. The summed E-state index contributed by atoms with van der Waals surface area (Å²) < 4.78 is 0. The van der Waals surface area contributed by atoms with E-state index in [1.54, 1.807) is 17.5 Å². The molecule has 3 N–H and O–H groups in total. The number of thiophene rings is 1. The van der Waals surface area contributed by atoms with Crippen molar-refractivity contribution in [2.24, 2.45) is 5.73 Å². The van der Waals surface area contributed by atoms with Crippen LogP contribution in [0.1, 0.15) is 23.1 Å². The van der Waals surface area contributed by atoms with Gasteiger partial charge in [-0.25, -0.2) is 0 Å². The molecular formula is C14H18N4S. The zero-order valence-electron chi connectivity index (χ0n) is 11.0. The van der Waals surface area contributed by atoms with Gasteiger partial charge in [-0.2, -0.15) is 0 Å². The highest BCUT2D eigenvalue weighted by molar-refractivity contribution is 7.09. The van der Waals surface area contributed by atoms with Crippen molar-refractivity contribution in [3.63, 3.8) is 0 Å². The molecule has 0 unspecified atom stereocenters. The Morgan fingerprint density at radius 2 is 2.26 bits per heavy atom. The molecule has 0 amide bonds. The Labute approximate surface area is 117 Å². The first kappa shape index (κ1) is 13.7. The zero-order valence-corrected chi connectivity index (χ0v) is 11.8. The minimum Gasteiger partial charge on any atom is -0.382 e. The van der Waals surface area contributed by atoms with Crippen LogP contribution >= 0.6 is 11.3 Å². The lowest BCUT2D eigenvalue weighted by Gasteiger charge is -2.19. The molecule has 0 aliphatic heterocycles. The van der Waals surface area contributed by atoms with Gasteiger partial charge in [0.2, 0.25) is 0 Å². The second kappa shape index (κ2) is 6.45. The van der Waals surface area contributed by atoms with Gasteiger partial charge in [-0.15, -0.1) is 11.3 Å². The maximum Gasteiger partial charge on any atom is 0.141 e. The first-order valence-electron chi connectivity index (χ1n) is 6.23. The summed E-state index contributed by atoms with van der Waals surface area (Å²) in [5, 5.41) is 9.52. The molecule has 2 aromatic rings. The number of nitrogen functional groups attached to an aromatic ring is 1. The normalized spacial score (nSPS) is 10.8. The van der Waals surface area contributed by atoms with Crippen molar-refractivity contribution in [3.05, 3.63) is 52.0 Å². The summed E-state index contributed by atoms with van der Waals surface area (Å²) in [6.45, 7) is 4.93. The van der Waals surface area contributed by atoms with Crippen molar-refractivity contribution < 1.29 is 0 Å². The van der Waals surface area contributed by atoms with Crippen LogP contribution in [0.25, 0.3) is 0 Å². The van der Waals surface area contributed by atoms with Gasteiger partial charge in [0, 0.05) is 24.2 Å². The second-order valence-electron chi connectivity index (χ2n) is 4.35. The molecule has 4 nitrogen and oxygen atoms in total. The molecule has 0 atom stereocenters. The van der Waals surface area contributed by atoms with Crippen LogP contribution in [0.5, 0.6) is 0 Å². The van der Waals surface area contributed by atoms with Gasteiger partial charge in [0.25, 0.3) is 0 Å². The SMILES string of the molecule is CCN(Cc1ccnc(C(=N)N)c1)Cc1cccs1. The lowest BCUT2D eigenvalue weighted by Crippen LogP contribution is -2.22. The monoisotopic (exact) mass is 274 g/mol. The predicted molar refractivity (Wildman–Crippen MR) is 79.4 cm³/mol. The average Bonchev–Trinajstić information content (AvgIpc) is 2.91. The number of rotatable bonds is 6. The van der Waals surface area contributed by atoms with E-state index in [4.69, 9.17) is 11.1 Å². The van der Waals surface area contributed by atoms with Crippen LogP contribution in [0, 0.1) is 5.41 Å². The number of nitrogens with zero attached hydrogens (tertiary/aromatic N) is 2. The fourth-order valence-electron chi connectivity index (χ4n) is 1.88. The van der Waals surface area contributed by atoms with Gasteiger partial charge in [-0.3, -0.25) is 15.3 Å². The van der Waals surface area contributed by atoms with Gasteiger partial charge in [0.05, 0.1) is 0 Å². The lowest BCUT2D eigenvalue weighted by atomic mass is 10.2. The standard InChI is InChI=1S/C14H18N4S/c1-2-18(10-12-4-3-7-19-12)9-11-5-6-17-13(8-11)14(15)16/h3-8H,2,9-10H2,1H3,(H3,15,16). The van der Waals surface area contributed by atoms with Crippen molar-refractivity contribution in [1.82, 2.24) is 9.88 Å². The highest BCUT2D eigenvalue weighted by Crippen LogP contribution is 2.14. The van der Waals surface area contributed by atoms with Gasteiger partial charge >= 0.3 is 0 Å². The fraction of sp³-hybridized carbons (Fsp3) is 0.286. The van der Waals surface area contributed by atoms with Crippen molar-refractivity contribution >= 4 is 17.2 Å².